The number of rotatable bonds is 2. The van der Waals surface area contributed by atoms with Gasteiger partial charge >= 0.3 is 43.8 Å². The monoisotopic (exact) mass is 96.1 g/mol. The first-order chi connectivity index (χ1) is 3.13. The number of hydrogen-bond acceptors (Lipinski definition) is 1. The molecule has 0 aromatic heterocycles. The van der Waals surface area contributed by atoms with Crippen LogP contribution >= 0.6 is 0 Å². The summed E-state index contributed by atoms with van der Waals surface area (Å²) in [4.78, 5) is 10.2. The zero-order valence-electron chi connectivity index (χ0n) is 4.82. The molecule has 0 unspecified atom stereocenters. The number of carbonyl (C=O) groups is 1. The van der Waals surface area contributed by atoms with E-state index in [1.54, 1.807) is 6.92 Å². The predicted octanol–water partition coefficient (Wildman–Crippen LogP) is 0.0586. The summed E-state index contributed by atoms with van der Waals surface area (Å²) in [7, 11) is 3.57. The van der Waals surface area contributed by atoms with Gasteiger partial charge in [0.25, 0.3) is 0 Å². The van der Waals surface area contributed by atoms with Gasteiger partial charge in [0, 0.05) is 0 Å². The number of ketones is 1. The molecule has 0 aromatic rings. The summed E-state index contributed by atoms with van der Waals surface area (Å²) in [5.41, 5.74) is 0.938. The third-order valence-electron chi connectivity index (χ3n) is 0.551. The van der Waals surface area contributed by atoms with Crippen molar-refractivity contribution in [1.82, 2.24) is 0 Å². The molecule has 0 N–H and O–H groups in total. The van der Waals surface area contributed by atoms with Gasteiger partial charge in [-0.25, -0.2) is 0 Å². The molecule has 0 aliphatic carbocycles. The van der Waals surface area contributed by atoms with Crippen molar-refractivity contribution in [2.75, 3.05) is 0 Å². The zero-order chi connectivity index (χ0) is 5.86. The summed E-state index contributed by atoms with van der Waals surface area (Å²) in [6, 6.07) is 0. The van der Waals surface area contributed by atoms with Crippen LogP contribution in [0.1, 0.15) is 20.3 Å². The van der Waals surface area contributed by atoms with Crippen molar-refractivity contribution in [2.24, 2.45) is 0 Å². The van der Waals surface area contributed by atoms with Gasteiger partial charge in [0.15, 0.2) is 0 Å². The average Bonchev–Trinajstić information content (AvgIpc) is 1.27. The normalized spacial score (nSPS) is 8.14. The van der Waals surface area contributed by atoms with Gasteiger partial charge in [0.05, 0.1) is 0 Å². The van der Waals surface area contributed by atoms with E-state index in [2.05, 4.69) is 7.49 Å². The molecule has 0 saturated carbocycles. The fourth-order valence-electron chi connectivity index (χ4n) is 0.425. The fraction of sp³-hybridized carbons (Fsp3) is 0.600. The van der Waals surface area contributed by atoms with Gasteiger partial charge in [-0.05, 0) is 0 Å². The van der Waals surface area contributed by atoms with Gasteiger partial charge in [-0.2, -0.15) is 0 Å². The van der Waals surface area contributed by atoms with E-state index < -0.39 is 0 Å². The number of Topliss-reactive ketones (excluding diaryl/α,β-unsaturated/α-hetero) is 1. The van der Waals surface area contributed by atoms with E-state index in [9.17, 15) is 4.79 Å². The Hall–Kier alpha value is -0.395. The van der Waals surface area contributed by atoms with Crippen LogP contribution in [0.4, 0.5) is 0 Å². The summed E-state index contributed by atoms with van der Waals surface area (Å²) in [6.45, 7) is 3.41. The van der Waals surface area contributed by atoms with Crippen LogP contribution in [0.2, 0.25) is 0 Å². The Labute approximate surface area is 44.8 Å². The van der Waals surface area contributed by atoms with Crippen molar-refractivity contribution in [2.45, 2.75) is 20.3 Å². The minimum absolute atomic E-state index is 0.188. The first-order valence-electron chi connectivity index (χ1n) is 2.26. The van der Waals surface area contributed by atoms with E-state index in [0.29, 0.717) is 6.42 Å². The van der Waals surface area contributed by atoms with E-state index in [-0.39, 0.29) is 5.78 Å². The van der Waals surface area contributed by atoms with Crippen LogP contribution < -0.4 is 0 Å². The molecule has 2 heteroatoms. The van der Waals surface area contributed by atoms with Crippen molar-refractivity contribution in [3.05, 3.63) is 0 Å². The fourth-order valence-corrected chi connectivity index (χ4v) is 0.425. The van der Waals surface area contributed by atoms with Crippen LogP contribution in [0.5, 0.6) is 0 Å². The van der Waals surface area contributed by atoms with Gasteiger partial charge < -0.3 is 0 Å². The van der Waals surface area contributed by atoms with Gasteiger partial charge in [-0.15, -0.1) is 0 Å². The molecule has 0 rings (SSSR count). The predicted molar refractivity (Wildman–Crippen MR) is 33.1 cm³/mol. The topological polar surface area (TPSA) is 17.1 Å². The summed E-state index contributed by atoms with van der Waals surface area (Å²) in [6.07, 6.45) is 0.528. The van der Waals surface area contributed by atoms with Gasteiger partial charge in [0.1, 0.15) is 0 Å². The minimum atomic E-state index is 0.188. The van der Waals surface area contributed by atoms with Crippen molar-refractivity contribution in [1.29, 1.82) is 0 Å². The molecule has 0 bridgehead atoms. The summed E-state index contributed by atoms with van der Waals surface area (Å²) in [5, 5.41) is 0. The molecule has 38 valence electrons. The Kier molecular flexibility index (Phi) is 2.57. The molecule has 0 aliphatic rings. The third kappa shape index (κ3) is 5.60. The van der Waals surface area contributed by atoms with E-state index in [0.717, 1.165) is 5.46 Å². The van der Waals surface area contributed by atoms with Crippen LogP contribution in [-0.4, -0.2) is 18.7 Å². The van der Waals surface area contributed by atoms with Crippen LogP contribution in [0.3, 0.4) is 0 Å². The molecule has 0 heterocycles. The molecule has 0 amide bonds. The van der Waals surface area contributed by atoms with E-state index in [1.807, 2.05) is 6.92 Å². The maximum absolute atomic E-state index is 10.2. The second kappa shape index (κ2) is 2.72. The van der Waals surface area contributed by atoms with E-state index in [4.69, 9.17) is 0 Å². The number of carbonyl (C=O) groups excluding carboxylic acids is 1. The molecule has 0 fully saturated rings. The summed E-state index contributed by atoms with van der Waals surface area (Å²) < 4.78 is 0. The molecule has 0 aromatic carbocycles. The molecule has 0 atom stereocenters. The molecular formula is C5H9BO. The maximum atomic E-state index is 10.2. The Morgan fingerprint density at radius 2 is 2.00 bits per heavy atom. The average molecular weight is 95.9 g/mol. The first kappa shape index (κ1) is 6.60. The molecule has 0 radical (unpaired) electrons. The zero-order valence-corrected chi connectivity index (χ0v) is 4.82. The summed E-state index contributed by atoms with van der Waals surface area (Å²) in [5.74, 6) is 0.188. The van der Waals surface area contributed by atoms with Crippen LogP contribution in [-0.2, 0) is 4.79 Å². The van der Waals surface area contributed by atoms with Crippen molar-refractivity contribution in [3.8, 4) is 0 Å². The molecule has 0 spiro atoms. The molecule has 7 heavy (non-hydrogen) atoms. The van der Waals surface area contributed by atoms with E-state index in [1.165, 1.54) is 0 Å². The quantitative estimate of drug-likeness (QED) is 0.444. The standard InChI is InChI=1S/C5H9BO/c1-4(6)3-5(2)7/h6H,3H2,1-2H3. The van der Waals surface area contributed by atoms with Crippen LogP contribution in [0.25, 0.3) is 0 Å². The molecule has 0 saturated heterocycles. The Morgan fingerprint density at radius 1 is 1.57 bits per heavy atom. The van der Waals surface area contributed by atoms with Gasteiger partial charge in [-0.1, -0.05) is 0 Å². The van der Waals surface area contributed by atoms with E-state index >= 15 is 0 Å². The number of hydrogen-bond donors (Lipinski definition) is 0. The summed E-state index contributed by atoms with van der Waals surface area (Å²) >= 11 is 0. The van der Waals surface area contributed by atoms with Crippen molar-refractivity contribution in [3.63, 3.8) is 0 Å². The van der Waals surface area contributed by atoms with Gasteiger partial charge in [-0.3, -0.25) is 0 Å². The second-order valence-corrected chi connectivity index (χ2v) is 1.84. The first-order valence-corrected chi connectivity index (χ1v) is 2.26. The third-order valence-corrected chi connectivity index (χ3v) is 0.551. The SMILES string of the molecule is B=C(C)CC(C)=O. The Morgan fingerprint density at radius 3 is 2.00 bits per heavy atom. The molecular weight excluding hydrogens is 86.9 g/mol. The van der Waals surface area contributed by atoms with Crippen LogP contribution in [0.15, 0.2) is 0 Å². The molecule has 1 nitrogen and oxygen atoms in total. The van der Waals surface area contributed by atoms with Crippen molar-refractivity contribution >= 4 is 18.7 Å². The molecule has 0 aliphatic heterocycles. The van der Waals surface area contributed by atoms with Gasteiger partial charge in [0.2, 0.25) is 0 Å². The Balaban J connectivity index is 3.32. The second-order valence-electron chi connectivity index (χ2n) is 1.84. The Bertz CT molecular complexity index is 84.3. The van der Waals surface area contributed by atoms with Crippen molar-refractivity contribution < 1.29 is 4.79 Å². The van der Waals surface area contributed by atoms with Crippen LogP contribution in [0, 0.1) is 0 Å².